The van der Waals surface area contributed by atoms with E-state index in [-0.39, 0.29) is 75.4 Å². The van der Waals surface area contributed by atoms with Crippen LogP contribution in [0.3, 0.4) is 0 Å². The van der Waals surface area contributed by atoms with Crippen molar-refractivity contribution in [2.24, 2.45) is 10.8 Å². The molecule has 0 unspecified atom stereocenters. The van der Waals surface area contributed by atoms with Crippen LogP contribution in [-0.4, -0.2) is 66.8 Å². The van der Waals surface area contributed by atoms with Crippen molar-refractivity contribution in [2.75, 3.05) is 56.5 Å². The number of aromatic nitrogens is 6. The lowest BCUT2D eigenvalue weighted by Crippen LogP contribution is -2.55. The fourth-order valence-corrected chi connectivity index (χ4v) is 13.3. The lowest BCUT2D eigenvalue weighted by atomic mass is 9.90. The number of nitriles is 4. The lowest BCUT2D eigenvalue weighted by molar-refractivity contribution is -0.814. The van der Waals surface area contributed by atoms with Gasteiger partial charge in [-0.05, 0) is 230 Å². The third kappa shape index (κ3) is 18.2. The summed E-state index contributed by atoms with van der Waals surface area (Å²) in [5.74, 6) is 1.10. The van der Waals surface area contributed by atoms with Crippen LogP contribution in [0.4, 0.5) is 54.8 Å². The molecule has 0 saturated heterocycles. The van der Waals surface area contributed by atoms with E-state index in [9.17, 15) is 47.4 Å². The third-order valence-corrected chi connectivity index (χ3v) is 19.3. The summed E-state index contributed by atoms with van der Waals surface area (Å²) in [4.78, 5) is 7.06. The third-order valence-electron chi connectivity index (χ3n) is 19.3. The van der Waals surface area contributed by atoms with E-state index >= 15 is 0 Å². The van der Waals surface area contributed by atoms with E-state index in [1.54, 1.807) is 97.1 Å². The van der Waals surface area contributed by atoms with Crippen LogP contribution in [0, 0.1) is 70.0 Å². The summed E-state index contributed by atoms with van der Waals surface area (Å²) < 4.78 is 128. The number of rotatable bonds is 29. The number of benzene rings is 12. The van der Waals surface area contributed by atoms with Crippen LogP contribution in [0.15, 0.2) is 273 Å². The first-order valence-electron chi connectivity index (χ1n) is 36.3. The highest BCUT2D eigenvalue weighted by atomic mass is 19.4. The predicted molar refractivity (Wildman–Crippen MR) is 421 cm³/mol. The van der Waals surface area contributed by atoms with E-state index in [2.05, 4.69) is 29.2 Å². The first-order chi connectivity index (χ1) is 55.6. The number of halogens is 6. The molecule has 18 nitrogen and oxygen atoms in total. The quantitative estimate of drug-likeness (QED) is 0.0314. The van der Waals surface area contributed by atoms with Crippen molar-refractivity contribution in [1.82, 2.24) is 25.2 Å². The van der Waals surface area contributed by atoms with Crippen LogP contribution in [0.5, 0.6) is 34.5 Å². The van der Waals surface area contributed by atoms with Gasteiger partial charge in [-0.2, -0.15) is 77.4 Å². The van der Waals surface area contributed by atoms with Crippen molar-refractivity contribution < 1.29 is 59.6 Å². The summed E-state index contributed by atoms with van der Waals surface area (Å²) in [6.07, 6.45) is -9.47. The number of hydrogen-bond acceptors (Lipinski definition) is 15. The Bertz CT molecular complexity index is 5510. The zero-order valence-corrected chi connectivity index (χ0v) is 62.2. The Balaban J connectivity index is 1.00. The number of para-hydroxylation sites is 3. The Kier molecular flexibility index (Phi) is 22.5. The molecule has 14 rings (SSSR count). The van der Waals surface area contributed by atoms with E-state index in [1.807, 2.05) is 151 Å². The molecule has 0 atom stereocenters. The van der Waals surface area contributed by atoms with Gasteiger partial charge in [0.15, 0.2) is 6.54 Å². The highest BCUT2D eigenvalue weighted by molar-refractivity contribution is 6.16. The van der Waals surface area contributed by atoms with Gasteiger partial charge in [0.2, 0.25) is 0 Å². The van der Waals surface area contributed by atoms with Gasteiger partial charge in [0, 0.05) is 57.6 Å². The molecule has 0 N–H and O–H groups in total. The Hall–Kier alpha value is -14.6. The van der Waals surface area contributed by atoms with E-state index in [0.29, 0.717) is 89.6 Å². The van der Waals surface area contributed by atoms with Gasteiger partial charge >= 0.3 is 12.4 Å². The Morgan fingerprint density at radius 3 is 1.10 bits per heavy atom. The Morgan fingerprint density at radius 2 is 0.713 bits per heavy atom. The second-order valence-electron chi connectivity index (χ2n) is 27.9. The Morgan fingerprint density at radius 1 is 0.383 bits per heavy atom. The maximum Gasteiger partial charge on any atom is 0.416 e. The molecule has 2 heterocycles. The minimum Gasteiger partial charge on any atom is -0.493 e. The minimum absolute atomic E-state index is 0.105. The summed E-state index contributed by atoms with van der Waals surface area (Å²) in [5, 5.41) is 61.2. The van der Waals surface area contributed by atoms with Gasteiger partial charge in [0.25, 0.3) is 0 Å². The van der Waals surface area contributed by atoms with Gasteiger partial charge in [-0.1, -0.05) is 78.9 Å². The van der Waals surface area contributed by atoms with Crippen molar-refractivity contribution in [3.8, 4) is 81.0 Å². The SMILES string of the molecule is Cc1cc(OCC(COc2ccc(C#N)cc2)(COc2ccc(C#N)cc2)Cn2nc3c(-c4ccc(N(c5ccccc5)c5ccccc5)cc4)c4n[n+](CC(COc5ccc(C#N)cc5)(COc5ccc(C#N)cc5)COc5cc(C)cc(C(F)(F)F)c5)[n-]c4c(-c4ccc(N(C)c5ccccc5)cc4)c3n2)cc(C(F)(F)F)c1. The van der Waals surface area contributed by atoms with Gasteiger partial charge in [-0.3, -0.25) is 0 Å². The normalized spacial score (nSPS) is 11.6. The van der Waals surface area contributed by atoms with Crippen LogP contribution in [-0.2, 0) is 25.4 Å². The number of fused-ring (bicyclic) bond motifs is 2. The van der Waals surface area contributed by atoms with E-state index in [1.165, 1.54) is 35.6 Å². The van der Waals surface area contributed by atoms with Crippen molar-refractivity contribution in [3.63, 3.8) is 0 Å². The second kappa shape index (κ2) is 33.5. The Labute approximate surface area is 658 Å². The van der Waals surface area contributed by atoms with Gasteiger partial charge in [-0.25, -0.2) is 0 Å². The van der Waals surface area contributed by atoms with Gasteiger partial charge in [0.1, 0.15) is 90.6 Å². The standard InChI is InChI=1S/C91H70F6N12O6/c1-61-43-69(90(92,93)94)47-80(45-61)114-59-88(55-110-76-35-19-63(49-98)20-36-76,56-111-77-37-21-64(50-99)22-38-77)53-107-102-84-82(67-27-31-72(32-28-67)106(3)71-13-7-4-8-14-71)85-87(83(86(84)104-107)68-29-33-75(34-30-68)109(73-15-9-5-10-16-73)74-17-11-6-12-18-74)105-108(103-85)54-89(57-112-78-39-23-65(51-100)24-40-78,58-113-79-41-25-66(52-101)26-42-79)60-115-81-46-62(2)44-70(48-81)91(95,96)97/h4-48H,53-60H2,1-3H3. The summed E-state index contributed by atoms with van der Waals surface area (Å²) in [5.41, 5.74) is 4.62. The molecule has 14 aromatic rings. The molecule has 0 amide bonds. The first kappa shape index (κ1) is 77.1. The van der Waals surface area contributed by atoms with Gasteiger partial charge < -0.3 is 38.2 Å². The van der Waals surface area contributed by atoms with Gasteiger partial charge in [-0.15, -0.1) is 0 Å². The number of anilines is 5. The largest absolute Gasteiger partial charge is 0.493 e. The molecule has 24 heteroatoms. The molecule has 12 aromatic carbocycles. The number of nitrogens with zero attached hydrogens (tertiary/aromatic N) is 12. The molecular weight excluding hydrogens is 1470 g/mol. The molecule has 2 aromatic heterocycles. The topological polar surface area (TPSA) is 219 Å². The molecule has 0 spiro atoms. The zero-order valence-electron chi connectivity index (χ0n) is 62.2. The monoisotopic (exact) mass is 1540 g/mol. The van der Waals surface area contributed by atoms with Crippen LogP contribution in [0.2, 0.25) is 0 Å². The lowest BCUT2D eigenvalue weighted by Gasteiger charge is -2.33. The highest BCUT2D eigenvalue weighted by Gasteiger charge is 2.42. The summed E-state index contributed by atoms with van der Waals surface area (Å²) >= 11 is 0. The number of alkyl halides is 6. The molecule has 572 valence electrons. The van der Waals surface area contributed by atoms with Crippen molar-refractivity contribution in [1.29, 1.82) is 21.0 Å². The fourth-order valence-electron chi connectivity index (χ4n) is 13.3. The molecule has 0 aliphatic carbocycles. The smallest absolute Gasteiger partial charge is 0.416 e. The van der Waals surface area contributed by atoms with E-state index in [4.69, 9.17) is 48.8 Å². The van der Waals surface area contributed by atoms with Crippen molar-refractivity contribution >= 4 is 50.5 Å². The molecule has 0 radical (unpaired) electrons. The molecule has 0 fully saturated rings. The average Bonchev–Trinajstić information content (AvgIpc) is 1.58. The number of hydrogen-bond donors (Lipinski definition) is 0. The van der Waals surface area contributed by atoms with E-state index in [0.717, 1.165) is 52.7 Å². The summed E-state index contributed by atoms with van der Waals surface area (Å²) in [6, 6.07) is 86.0. The maximum atomic E-state index is 14.7. The average molecular weight is 1540 g/mol. The summed E-state index contributed by atoms with van der Waals surface area (Å²) in [7, 11) is 1.94. The molecule has 115 heavy (non-hydrogen) atoms. The summed E-state index contributed by atoms with van der Waals surface area (Å²) in [6.45, 7) is 0.786. The van der Waals surface area contributed by atoms with Crippen LogP contribution < -0.4 is 48.1 Å². The molecule has 0 aliphatic heterocycles. The highest BCUT2D eigenvalue weighted by Crippen LogP contribution is 2.45. The zero-order chi connectivity index (χ0) is 80.3. The molecular formula is C91H70F6N12O6. The van der Waals surface area contributed by atoms with E-state index < -0.39 is 34.3 Å². The minimum atomic E-state index is -4.74. The van der Waals surface area contributed by atoms with Crippen molar-refractivity contribution in [2.45, 2.75) is 39.3 Å². The first-order valence-corrected chi connectivity index (χ1v) is 36.3. The van der Waals surface area contributed by atoms with Crippen LogP contribution in [0.1, 0.15) is 44.5 Å². The van der Waals surface area contributed by atoms with Crippen LogP contribution in [0.25, 0.3) is 44.3 Å². The van der Waals surface area contributed by atoms with Gasteiger partial charge in [0.05, 0.1) is 69.6 Å². The number of ether oxygens (including phenoxy) is 6. The molecule has 0 aliphatic rings. The molecule has 0 saturated carbocycles. The molecule has 0 bridgehead atoms. The predicted octanol–water partition coefficient (Wildman–Crippen LogP) is 19.4. The second-order valence-corrected chi connectivity index (χ2v) is 27.9. The number of aryl methyl sites for hydroxylation is 2. The van der Waals surface area contributed by atoms with Crippen LogP contribution >= 0.6 is 0 Å². The maximum absolute atomic E-state index is 14.7. The fraction of sp³-hybridized carbons (Fsp3) is 0.165. The van der Waals surface area contributed by atoms with Crippen molar-refractivity contribution in [3.05, 3.63) is 317 Å².